The van der Waals surface area contributed by atoms with Crippen molar-refractivity contribution >= 4 is 5.96 Å². The van der Waals surface area contributed by atoms with Gasteiger partial charge in [0.1, 0.15) is 5.75 Å². The summed E-state index contributed by atoms with van der Waals surface area (Å²) in [5.74, 6) is 1.99. The number of guanidine groups is 1. The summed E-state index contributed by atoms with van der Waals surface area (Å²) in [6.45, 7) is 11.6. The van der Waals surface area contributed by atoms with Crippen LogP contribution < -0.4 is 10.6 Å². The largest absolute Gasteiger partial charge is 0.508 e. The number of aliphatic imine (C=N–C) groups is 1. The third-order valence-corrected chi connectivity index (χ3v) is 5.92. The van der Waals surface area contributed by atoms with Crippen molar-refractivity contribution in [2.75, 3.05) is 26.2 Å². The number of benzene rings is 1. The fourth-order valence-corrected chi connectivity index (χ4v) is 4.52. The number of nitrogens with zero attached hydrogens (tertiary/aromatic N) is 2. The molecule has 1 fully saturated rings. The van der Waals surface area contributed by atoms with Gasteiger partial charge in [-0.05, 0) is 68.6 Å². The van der Waals surface area contributed by atoms with Gasteiger partial charge in [0.05, 0.1) is 6.54 Å². The quantitative estimate of drug-likeness (QED) is 0.518. The van der Waals surface area contributed by atoms with E-state index in [1.165, 1.54) is 30.5 Å². The van der Waals surface area contributed by atoms with Crippen molar-refractivity contribution in [1.82, 2.24) is 15.5 Å². The summed E-state index contributed by atoms with van der Waals surface area (Å²) in [6, 6.07) is 4.41. The van der Waals surface area contributed by atoms with E-state index in [2.05, 4.69) is 42.4 Å². The van der Waals surface area contributed by atoms with Gasteiger partial charge < -0.3 is 20.6 Å². The molecule has 0 amide bonds. The van der Waals surface area contributed by atoms with Gasteiger partial charge in [-0.1, -0.05) is 19.9 Å². The summed E-state index contributed by atoms with van der Waals surface area (Å²) in [7, 11) is 0. The second kappa shape index (κ2) is 10.1. The van der Waals surface area contributed by atoms with Crippen molar-refractivity contribution in [1.29, 1.82) is 0 Å². The van der Waals surface area contributed by atoms with Crippen LogP contribution in [0.5, 0.6) is 5.75 Å². The smallest absolute Gasteiger partial charge is 0.191 e. The number of phenolic OH excluding ortho intramolecular Hbond substituents is 1. The Bertz CT molecular complexity index is 663. The number of rotatable bonds is 6. The summed E-state index contributed by atoms with van der Waals surface area (Å²) in [5, 5.41) is 17.4. The molecular formula is C23H38N4O. The monoisotopic (exact) mass is 386 g/mol. The van der Waals surface area contributed by atoms with E-state index in [-0.39, 0.29) is 0 Å². The molecule has 0 atom stereocenters. The van der Waals surface area contributed by atoms with Gasteiger partial charge in [0.2, 0.25) is 0 Å². The van der Waals surface area contributed by atoms with Crippen LogP contribution in [0.15, 0.2) is 17.1 Å². The lowest BCUT2D eigenvalue weighted by Gasteiger charge is -2.34. The van der Waals surface area contributed by atoms with Crippen LogP contribution in [0.3, 0.4) is 0 Å². The van der Waals surface area contributed by atoms with Crippen LogP contribution in [0.1, 0.15) is 63.1 Å². The zero-order chi connectivity index (χ0) is 19.9. The van der Waals surface area contributed by atoms with E-state index >= 15 is 0 Å². The van der Waals surface area contributed by atoms with Gasteiger partial charge in [-0.15, -0.1) is 0 Å². The lowest BCUT2D eigenvalue weighted by Crippen LogP contribution is -2.49. The first-order chi connectivity index (χ1) is 13.6. The number of aryl methyl sites for hydroxylation is 1. The zero-order valence-corrected chi connectivity index (χ0v) is 17.9. The molecule has 3 rings (SSSR count). The highest BCUT2D eigenvalue weighted by Crippen LogP contribution is 2.31. The minimum Gasteiger partial charge on any atom is -0.508 e. The van der Waals surface area contributed by atoms with Gasteiger partial charge in [-0.2, -0.15) is 0 Å². The minimum absolute atomic E-state index is 0.391. The molecule has 5 nitrogen and oxygen atoms in total. The van der Waals surface area contributed by atoms with Gasteiger partial charge >= 0.3 is 0 Å². The third-order valence-electron chi connectivity index (χ3n) is 5.92. The number of nitrogens with one attached hydrogen (secondary N) is 2. The maximum absolute atomic E-state index is 10.4. The Hall–Kier alpha value is -1.75. The molecule has 1 aliphatic carbocycles. The zero-order valence-electron chi connectivity index (χ0n) is 17.9. The molecule has 0 bridgehead atoms. The maximum Gasteiger partial charge on any atom is 0.191 e. The number of hydrogen-bond donors (Lipinski definition) is 3. The van der Waals surface area contributed by atoms with Crippen molar-refractivity contribution in [3.8, 4) is 5.75 Å². The fourth-order valence-electron chi connectivity index (χ4n) is 4.52. The van der Waals surface area contributed by atoms with Gasteiger partial charge in [-0.3, -0.25) is 0 Å². The highest BCUT2D eigenvalue weighted by molar-refractivity contribution is 5.80. The Morgan fingerprint density at radius 2 is 1.96 bits per heavy atom. The van der Waals surface area contributed by atoms with Crippen LogP contribution in [0.25, 0.3) is 0 Å². The lowest BCUT2D eigenvalue weighted by atomic mass is 9.88. The van der Waals surface area contributed by atoms with E-state index in [1.807, 2.05) is 6.07 Å². The maximum atomic E-state index is 10.4. The molecule has 1 saturated heterocycles. The van der Waals surface area contributed by atoms with E-state index in [4.69, 9.17) is 4.99 Å². The van der Waals surface area contributed by atoms with Gasteiger partial charge in [0, 0.05) is 37.8 Å². The molecule has 0 unspecified atom stereocenters. The average molecular weight is 387 g/mol. The lowest BCUT2D eigenvalue weighted by molar-refractivity contribution is 0.187. The van der Waals surface area contributed by atoms with E-state index in [9.17, 15) is 5.11 Å². The Labute approximate surface area is 170 Å². The minimum atomic E-state index is 0.391. The molecule has 1 aromatic rings. The number of phenols is 1. The Kier molecular flexibility index (Phi) is 7.60. The van der Waals surface area contributed by atoms with Crippen LogP contribution in [-0.4, -0.2) is 48.2 Å². The molecular weight excluding hydrogens is 348 g/mol. The molecule has 0 radical (unpaired) electrons. The van der Waals surface area contributed by atoms with Crippen LogP contribution in [-0.2, 0) is 19.4 Å². The Morgan fingerprint density at radius 1 is 1.21 bits per heavy atom. The summed E-state index contributed by atoms with van der Waals surface area (Å²) in [6.07, 6.45) is 6.96. The summed E-state index contributed by atoms with van der Waals surface area (Å²) < 4.78 is 0. The first-order valence-electron chi connectivity index (χ1n) is 11.2. The normalized spacial score (nSPS) is 18.9. The van der Waals surface area contributed by atoms with Crippen molar-refractivity contribution in [2.24, 2.45) is 10.9 Å². The van der Waals surface area contributed by atoms with Crippen LogP contribution in [0, 0.1) is 5.92 Å². The molecule has 1 aliphatic heterocycles. The molecule has 28 heavy (non-hydrogen) atoms. The molecule has 1 aromatic carbocycles. The average Bonchev–Trinajstić information content (AvgIpc) is 2.68. The molecule has 0 saturated carbocycles. The second-order valence-corrected chi connectivity index (χ2v) is 8.72. The standard InChI is InChI=1S/C23H38N4O/c1-4-24-23(26-19-11-13-27(14-12-19)16-17(2)3)25-15-21-20-8-6-5-7-18(20)9-10-22(21)28/h9-10,17,19,28H,4-8,11-16H2,1-3H3,(H2,24,25,26). The SMILES string of the molecule is CCNC(=NCc1c(O)ccc2c1CCCC2)NC1CCN(CC(C)C)CC1. The molecule has 0 aromatic heterocycles. The number of likely N-dealkylation sites (tertiary alicyclic amines) is 1. The number of hydrogen-bond acceptors (Lipinski definition) is 3. The van der Waals surface area contributed by atoms with Gasteiger partial charge in [0.15, 0.2) is 5.96 Å². The highest BCUT2D eigenvalue weighted by Gasteiger charge is 2.21. The van der Waals surface area contributed by atoms with Gasteiger partial charge in [-0.25, -0.2) is 4.99 Å². The van der Waals surface area contributed by atoms with Crippen molar-refractivity contribution in [2.45, 2.75) is 71.9 Å². The van der Waals surface area contributed by atoms with Gasteiger partial charge in [0.25, 0.3) is 0 Å². The molecule has 0 spiro atoms. The molecule has 156 valence electrons. The predicted molar refractivity (Wildman–Crippen MR) is 117 cm³/mol. The first kappa shape index (κ1) is 21.0. The second-order valence-electron chi connectivity index (χ2n) is 8.72. The number of fused-ring (bicyclic) bond motifs is 1. The van der Waals surface area contributed by atoms with Crippen molar-refractivity contribution in [3.05, 3.63) is 28.8 Å². The van der Waals surface area contributed by atoms with Crippen LogP contribution >= 0.6 is 0 Å². The first-order valence-corrected chi connectivity index (χ1v) is 11.2. The van der Waals surface area contributed by atoms with Crippen molar-refractivity contribution < 1.29 is 5.11 Å². The van der Waals surface area contributed by atoms with E-state index in [1.54, 1.807) is 0 Å². The third kappa shape index (κ3) is 5.63. The Balaban J connectivity index is 1.63. The summed E-state index contributed by atoms with van der Waals surface area (Å²) >= 11 is 0. The van der Waals surface area contributed by atoms with E-state index in [0.717, 1.165) is 62.8 Å². The fraction of sp³-hybridized carbons (Fsp3) is 0.696. The Morgan fingerprint density at radius 3 is 2.68 bits per heavy atom. The van der Waals surface area contributed by atoms with Crippen molar-refractivity contribution in [3.63, 3.8) is 0 Å². The molecule has 5 heteroatoms. The molecule has 3 N–H and O–H groups in total. The molecule has 1 heterocycles. The molecule has 2 aliphatic rings. The number of piperidine rings is 1. The summed E-state index contributed by atoms with van der Waals surface area (Å²) in [4.78, 5) is 7.41. The number of aromatic hydroxyl groups is 1. The topological polar surface area (TPSA) is 59.9 Å². The van der Waals surface area contributed by atoms with Crippen LogP contribution in [0.4, 0.5) is 0 Å². The van der Waals surface area contributed by atoms with E-state index in [0.29, 0.717) is 18.3 Å². The summed E-state index contributed by atoms with van der Waals surface area (Å²) in [5.41, 5.74) is 3.73. The highest BCUT2D eigenvalue weighted by atomic mass is 16.3. The van der Waals surface area contributed by atoms with E-state index < -0.39 is 0 Å². The van der Waals surface area contributed by atoms with Crippen LogP contribution in [0.2, 0.25) is 0 Å². The predicted octanol–water partition coefficient (Wildman–Crippen LogP) is 3.45.